The fourth-order valence-corrected chi connectivity index (χ4v) is 2.65. The van der Waals surface area contributed by atoms with Gasteiger partial charge in [-0.1, -0.05) is 27.7 Å². The zero-order valence-corrected chi connectivity index (χ0v) is 12.4. The van der Waals surface area contributed by atoms with Gasteiger partial charge in [0.15, 0.2) is 0 Å². The fraction of sp³-hybridized carbons (Fsp3) is 1.00. The molecule has 1 heterocycles. The molecular formula is C14H31N3. The largest absolute Gasteiger partial charge is 0.313 e. The van der Waals surface area contributed by atoms with Crippen LogP contribution < -0.4 is 5.32 Å². The molecule has 0 aliphatic carbocycles. The number of likely N-dealkylation sites (N-methyl/N-ethyl adjacent to an activating group) is 1. The molecule has 0 bridgehead atoms. The zero-order chi connectivity index (χ0) is 12.8. The van der Waals surface area contributed by atoms with Gasteiger partial charge in [0, 0.05) is 44.3 Å². The molecule has 1 aliphatic heterocycles. The van der Waals surface area contributed by atoms with Gasteiger partial charge >= 0.3 is 0 Å². The van der Waals surface area contributed by atoms with Crippen molar-refractivity contribution in [2.45, 2.75) is 58.7 Å². The summed E-state index contributed by atoms with van der Waals surface area (Å²) in [5, 5.41) is 3.58. The Kier molecular flexibility index (Phi) is 6.45. The maximum absolute atomic E-state index is 3.58. The highest BCUT2D eigenvalue weighted by molar-refractivity contribution is 4.84. The summed E-state index contributed by atoms with van der Waals surface area (Å²) in [7, 11) is 2.26. The Balaban J connectivity index is 2.46. The molecule has 1 fully saturated rings. The summed E-state index contributed by atoms with van der Waals surface area (Å²) < 4.78 is 0. The second-order valence-electron chi connectivity index (χ2n) is 5.66. The van der Waals surface area contributed by atoms with Crippen LogP contribution in [0.25, 0.3) is 0 Å². The highest BCUT2D eigenvalue weighted by atomic mass is 15.3. The number of nitrogens with zero attached hydrogens (tertiary/aromatic N) is 2. The van der Waals surface area contributed by atoms with Gasteiger partial charge in [-0.2, -0.15) is 0 Å². The molecule has 1 rings (SSSR count). The normalized spacial score (nSPS) is 25.4. The van der Waals surface area contributed by atoms with Crippen LogP contribution in [0.2, 0.25) is 0 Å². The van der Waals surface area contributed by atoms with E-state index in [0.717, 1.165) is 12.6 Å². The molecule has 102 valence electrons. The first-order chi connectivity index (χ1) is 8.08. The van der Waals surface area contributed by atoms with Crippen LogP contribution in [0, 0.1) is 0 Å². The van der Waals surface area contributed by atoms with Crippen LogP contribution in [0.3, 0.4) is 0 Å². The van der Waals surface area contributed by atoms with Crippen LogP contribution in [0.1, 0.15) is 40.5 Å². The van der Waals surface area contributed by atoms with Crippen LogP contribution >= 0.6 is 0 Å². The third-order valence-corrected chi connectivity index (χ3v) is 4.03. The summed E-state index contributed by atoms with van der Waals surface area (Å²) in [4.78, 5) is 5.20. The molecule has 0 saturated carbocycles. The molecule has 0 radical (unpaired) electrons. The van der Waals surface area contributed by atoms with E-state index in [1.165, 1.54) is 32.5 Å². The van der Waals surface area contributed by atoms with E-state index >= 15 is 0 Å². The third kappa shape index (κ3) is 4.57. The summed E-state index contributed by atoms with van der Waals surface area (Å²) in [6.07, 6.45) is 2.51. The molecule has 0 aromatic heterocycles. The lowest BCUT2D eigenvalue weighted by Crippen LogP contribution is -2.56. The molecule has 2 atom stereocenters. The minimum Gasteiger partial charge on any atom is -0.313 e. The van der Waals surface area contributed by atoms with Crippen molar-refractivity contribution in [1.29, 1.82) is 0 Å². The standard InChI is InChI=1S/C14H31N3/c1-6-13(10-15-12(3)4)17-9-8-16(5)14(7-2)11-17/h12-15H,6-11H2,1-5H3. The first-order valence-corrected chi connectivity index (χ1v) is 7.26. The molecule has 0 amide bonds. The van der Waals surface area contributed by atoms with Gasteiger partial charge in [-0.3, -0.25) is 4.90 Å². The first-order valence-electron chi connectivity index (χ1n) is 7.26. The van der Waals surface area contributed by atoms with Gasteiger partial charge in [-0.15, -0.1) is 0 Å². The average molecular weight is 241 g/mol. The van der Waals surface area contributed by atoms with E-state index in [9.17, 15) is 0 Å². The highest BCUT2D eigenvalue weighted by Gasteiger charge is 2.26. The van der Waals surface area contributed by atoms with Gasteiger partial charge < -0.3 is 10.2 Å². The van der Waals surface area contributed by atoms with E-state index < -0.39 is 0 Å². The summed E-state index contributed by atoms with van der Waals surface area (Å²) in [6.45, 7) is 13.9. The number of rotatable bonds is 6. The smallest absolute Gasteiger partial charge is 0.0219 e. The van der Waals surface area contributed by atoms with Gasteiger partial charge in [0.1, 0.15) is 0 Å². The monoisotopic (exact) mass is 241 g/mol. The maximum Gasteiger partial charge on any atom is 0.0219 e. The Morgan fingerprint density at radius 3 is 2.47 bits per heavy atom. The molecule has 3 nitrogen and oxygen atoms in total. The summed E-state index contributed by atoms with van der Waals surface area (Å²) >= 11 is 0. The highest BCUT2D eigenvalue weighted by Crippen LogP contribution is 2.14. The van der Waals surface area contributed by atoms with Crippen molar-refractivity contribution in [3.8, 4) is 0 Å². The molecule has 1 aliphatic rings. The quantitative estimate of drug-likeness (QED) is 0.765. The first kappa shape index (κ1) is 14.9. The van der Waals surface area contributed by atoms with Crippen molar-refractivity contribution in [1.82, 2.24) is 15.1 Å². The van der Waals surface area contributed by atoms with E-state index in [1.54, 1.807) is 0 Å². The van der Waals surface area contributed by atoms with Gasteiger partial charge in [0.2, 0.25) is 0 Å². The summed E-state index contributed by atoms with van der Waals surface area (Å²) in [5.74, 6) is 0. The lowest BCUT2D eigenvalue weighted by molar-refractivity contribution is 0.0601. The van der Waals surface area contributed by atoms with Crippen molar-refractivity contribution in [3.63, 3.8) is 0 Å². The molecule has 2 unspecified atom stereocenters. The number of nitrogens with one attached hydrogen (secondary N) is 1. The van der Waals surface area contributed by atoms with Crippen LogP contribution in [0.4, 0.5) is 0 Å². The molecular weight excluding hydrogens is 210 g/mol. The van der Waals surface area contributed by atoms with E-state index in [-0.39, 0.29) is 0 Å². The van der Waals surface area contributed by atoms with Crippen LogP contribution in [-0.2, 0) is 0 Å². The lowest BCUT2D eigenvalue weighted by atomic mass is 10.1. The Morgan fingerprint density at radius 2 is 1.94 bits per heavy atom. The number of piperazine rings is 1. The maximum atomic E-state index is 3.58. The molecule has 0 spiro atoms. The van der Waals surface area contributed by atoms with Crippen molar-refractivity contribution >= 4 is 0 Å². The number of hydrogen-bond acceptors (Lipinski definition) is 3. The second-order valence-corrected chi connectivity index (χ2v) is 5.66. The Morgan fingerprint density at radius 1 is 1.24 bits per heavy atom. The lowest BCUT2D eigenvalue weighted by Gasteiger charge is -2.43. The van der Waals surface area contributed by atoms with E-state index in [2.05, 4.69) is 49.9 Å². The predicted octanol–water partition coefficient (Wildman–Crippen LogP) is 1.79. The molecule has 17 heavy (non-hydrogen) atoms. The van der Waals surface area contributed by atoms with Crippen molar-refractivity contribution < 1.29 is 0 Å². The SMILES string of the molecule is CCC1CN(C(CC)CNC(C)C)CCN1C. The third-order valence-electron chi connectivity index (χ3n) is 4.03. The minimum absolute atomic E-state index is 0.596. The van der Waals surface area contributed by atoms with E-state index in [0.29, 0.717) is 12.1 Å². The van der Waals surface area contributed by atoms with Crippen molar-refractivity contribution in [2.75, 3.05) is 33.2 Å². The van der Waals surface area contributed by atoms with E-state index in [1.807, 2.05) is 0 Å². The zero-order valence-electron chi connectivity index (χ0n) is 12.4. The topological polar surface area (TPSA) is 18.5 Å². The fourth-order valence-electron chi connectivity index (χ4n) is 2.65. The number of hydrogen-bond donors (Lipinski definition) is 1. The Hall–Kier alpha value is -0.120. The van der Waals surface area contributed by atoms with E-state index in [4.69, 9.17) is 0 Å². The van der Waals surface area contributed by atoms with Gasteiger partial charge in [0.25, 0.3) is 0 Å². The van der Waals surface area contributed by atoms with Crippen molar-refractivity contribution in [2.24, 2.45) is 0 Å². The Bertz CT molecular complexity index is 206. The van der Waals surface area contributed by atoms with Crippen LogP contribution in [-0.4, -0.2) is 61.2 Å². The molecule has 0 aromatic rings. The van der Waals surface area contributed by atoms with Crippen LogP contribution in [0.5, 0.6) is 0 Å². The molecule has 1 saturated heterocycles. The molecule has 1 N–H and O–H groups in total. The average Bonchev–Trinajstić information content (AvgIpc) is 2.31. The summed E-state index contributed by atoms with van der Waals surface area (Å²) in [5.41, 5.74) is 0. The minimum atomic E-state index is 0.596. The molecule has 3 heteroatoms. The molecule has 0 aromatic carbocycles. The van der Waals surface area contributed by atoms with Gasteiger partial charge in [-0.25, -0.2) is 0 Å². The van der Waals surface area contributed by atoms with Crippen molar-refractivity contribution in [3.05, 3.63) is 0 Å². The van der Waals surface area contributed by atoms with Gasteiger partial charge in [0.05, 0.1) is 0 Å². The second kappa shape index (κ2) is 7.34. The van der Waals surface area contributed by atoms with Gasteiger partial charge in [-0.05, 0) is 19.9 Å². The predicted molar refractivity (Wildman–Crippen MR) is 75.5 cm³/mol. The Labute approximate surface area is 108 Å². The summed E-state index contributed by atoms with van der Waals surface area (Å²) in [6, 6.07) is 2.05. The van der Waals surface area contributed by atoms with Crippen LogP contribution in [0.15, 0.2) is 0 Å².